The quantitative estimate of drug-likeness (QED) is 0.384. The number of anilines is 3. The number of piperidine rings is 1. The Morgan fingerprint density at radius 3 is 2.55 bits per heavy atom. The van der Waals surface area contributed by atoms with Crippen LogP contribution in [0.4, 0.5) is 25.8 Å². The number of oxazole rings is 1. The first-order valence-corrected chi connectivity index (χ1v) is 14.3. The summed E-state index contributed by atoms with van der Waals surface area (Å²) in [5, 5.41) is 11.9. The minimum absolute atomic E-state index is 0.0470. The molecule has 2 aromatic carbocycles. The number of alkyl halides is 2. The van der Waals surface area contributed by atoms with Gasteiger partial charge in [-0.25, -0.2) is 22.2 Å². The van der Waals surface area contributed by atoms with E-state index in [1.165, 1.54) is 18.9 Å². The summed E-state index contributed by atoms with van der Waals surface area (Å²) >= 11 is 0. The molecule has 3 aromatic rings. The van der Waals surface area contributed by atoms with Crippen molar-refractivity contribution in [2.45, 2.75) is 43.9 Å². The van der Waals surface area contributed by atoms with Gasteiger partial charge in [0, 0.05) is 19.5 Å². The van der Waals surface area contributed by atoms with Crippen LogP contribution in [-0.4, -0.2) is 55.8 Å². The molecule has 6 rings (SSSR count). The SMILES string of the molecule is O=C(Nc1cccc2nc(C3CC3(F)F)oc12)c1ccc(NS(=O)(=O)CCO)cc1N1CCC2(CC1)CC2. The maximum Gasteiger partial charge on any atom is 0.260 e. The number of carbonyl (C=O) groups is 1. The van der Waals surface area contributed by atoms with Gasteiger partial charge in [-0.05, 0) is 61.4 Å². The van der Waals surface area contributed by atoms with Crippen molar-refractivity contribution < 1.29 is 31.5 Å². The zero-order chi connectivity index (χ0) is 26.7. The van der Waals surface area contributed by atoms with Crippen molar-refractivity contribution in [1.82, 2.24) is 4.98 Å². The molecule has 1 saturated heterocycles. The standard InChI is InChI=1S/C26H28F2N4O5S/c27-26(28)15-18(26)24-30-20-3-1-2-19(22(20)37-24)29-23(34)17-5-4-16(31-38(35,36)13-12-33)14-21(17)32-10-8-25(6-7-25)9-11-32/h1-5,14,18,31,33H,6-13,15H2,(H,29,34). The summed E-state index contributed by atoms with van der Waals surface area (Å²) in [4.78, 5) is 19.8. The number of para-hydroxylation sites is 1. The molecule has 1 aromatic heterocycles. The van der Waals surface area contributed by atoms with Crippen LogP contribution in [0, 0.1) is 5.41 Å². The smallest absolute Gasteiger partial charge is 0.260 e. The average molecular weight is 547 g/mol. The Kier molecular flexibility index (Phi) is 5.87. The van der Waals surface area contributed by atoms with E-state index in [2.05, 4.69) is 19.9 Å². The molecule has 1 amide bonds. The number of aliphatic hydroxyl groups is 1. The summed E-state index contributed by atoms with van der Waals surface area (Å²) in [6, 6.07) is 9.61. The number of aliphatic hydroxyl groups excluding tert-OH is 1. The molecule has 202 valence electrons. The molecular formula is C26H28F2N4O5S. The molecule has 2 aliphatic carbocycles. The molecule has 3 fully saturated rings. The molecule has 1 unspecified atom stereocenters. The lowest BCUT2D eigenvalue weighted by Crippen LogP contribution is -2.35. The van der Waals surface area contributed by atoms with Gasteiger partial charge in [-0.1, -0.05) is 6.07 Å². The molecule has 3 N–H and O–H groups in total. The number of hydrogen-bond donors (Lipinski definition) is 3. The van der Waals surface area contributed by atoms with Crippen molar-refractivity contribution in [3.63, 3.8) is 0 Å². The number of amides is 1. The molecule has 2 saturated carbocycles. The van der Waals surface area contributed by atoms with Gasteiger partial charge < -0.3 is 19.7 Å². The summed E-state index contributed by atoms with van der Waals surface area (Å²) in [7, 11) is -3.75. The third-order valence-electron chi connectivity index (χ3n) is 7.80. The molecule has 0 bridgehead atoms. The fourth-order valence-electron chi connectivity index (χ4n) is 5.18. The van der Waals surface area contributed by atoms with Crippen molar-refractivity contribution >= 4 is 44.1 Å². The molecule has 0 radical (unpaired) electrons. The van der Waals surface area contributed by atoms with E-state index in [9.17, 15) is 22.0 Å². The molecular weight excluding hydrogens is 518 g/mol. The highest BCUT2D eigenvalue weighted by Crippen LogP contribution is 2.56. The predicted octanol–water partition coefficient (Wildman–Crippen LogP) is 4.32. The lowest BCUT2D eigenvalue weighted by atomic mass is 9.93. The summed E-state index contributed by atoms with van der Waals surface area (Å²) in [6.45, 7) is 0.970. The van der Waals surface area contributed by atoms with E-state index in [1.807, 2.05) is 0 Å². The summed E-state index contributed by atoms with van der Waals surface area (Å²) < 4.78 is 59.7. The Labute approximate surface area is 218 Å². The highest BCUT2D eigenvalue weighted by Gasteiger charge is 2.60. The third-order valence-corrected chi connectivity index (χ3v) is 9.07. The van der Waals surface area contributed by atoms with Crippen LogP contribution in [0.1, 0.15) is 54.3 Å². The highest BCUT2D eigenvalue weighted by atomic mass is 32.2. The second-order valence-electron chi connectivity index (χ2n) is 10.5. The van der Waals surface area contributed by atoms with E-state index < -0.39 is 40.1 Å². The van der Waals surface area contributed by atoms with Crippen LogP contribution in [0.15, 0.2) is 40.8 Å². The molecule has 3 aliphatic rings. The van der Waals surface area contributed by atoms with Crippen molar-refractivity contribution in [2.24, 2.45) is 5.41 Å². The number of aromatic nitrogens is 1. The van der Waals surface area contributed by atoms with Gasteiger partial charge in [-0.2, -0.15) is 0 Å². The molecule has 1 aliphatic heterocycles. The number of halogens is 2. The van der Waals surface area contributed by atoms with Crippen LogP contribution in [-0.2, 0) is 10.0 Å². The zero-order valence-corrected chi connectivity index (χ0v) is 21.4. The first-order valence-electron chi connectivity index (χ1n) is 12.7. The van der Waals surface area contributed by atoms with Crippen LogP contribution in [0.25, 0.3) is 11.1 Å². The monoisotopic (exact) mass is 546 g/mol. The number of carbonyl (C=O) groups excluding carboxylic acids is 1. The van der Waals surface area contributed by atoms with E-state index in [-0.39, 0.29) is 17.9 Å². The Hall–Kier alpha value is -3.25. The van der Waals surface area contributed by atoms with Crippen LogP contribution < -0.4 is 14.9 Å². The summed E-state index contributed by atoms with van der Waals surface area (Å²) in [5.41, 5.74) is 2.53. The van der Waals surface area contributed by atoms with Gasteiger partial charge in [0.1, 0.15) is 11.4 Å². The van der Waals surface area contributed by atoms with E-state index >= 15 is 0 Å². The Morgan fingerprint density at radius 2 is 1.89 bits per heavy atom. The fraction of sp³-hybridized carbons (Fsp3) is 0.462. The maximum absolute atomic E-state index is 13.6. The normalized spacial score (nSPS) is 21.4. The van der Waals surface area contributed by atoms with Gasteiger partial charge in [0.2, 0.25) is 15.9 Å². The average Bonchev–Trinajstić information content (AvgIpc) is 3.71. The van der Waals surface area contributed by atoms with Gasteiger partial charge in [0.25, 0.3) is 11.8 Å². The Morgan fingerprint density at radius 1 is 1.16 bits per heavy atom. The second-order valence-corrected chi connectivity index (χ2v) is 12.4. The topological polar surface area (TPSA) is 125 Å². The van der Waals surface area contributed by atoms with Crippen LogP contribution in [0.5, 0.6) is 0 Å². The van der Waals surface area contributed by atoms with Gasteiger partial charge >= 0.3 is 0 Å². The highest BCUT2D eigenvalue weighted by molar-refractivity contribution is 7.92. The van der Waals surface area contributed by atoms with Gasteiger partial charge in [0.15, 0.2) is 5.58 Å². The number of rotatable bonds is 8. The molecule has 38 heavy (non-hydrogen) atoms. The number of nitrogens with one attached hydrogen (secondary N) is 2. The van der Waals surface area contributed by atoms with Crippen LogP contribution >= 0.6 is 0 Å². The fourth-order valence-corrected chi connectivity index (χ4v) is 6.01. The molecule has 1 atom stereocenters. The summed E-state index contributed by atoms with van der Waals surface area (Å²) in [5.74, 6) is -4.81. The van der Waals surface area contributed by atoms with Gasteiger partial charge in [0.05, 0.1) is 35.0 Å². The van der Waals surface area contributed by atoms with E-state index in [0.717, 1.165) is 25.9 Å². The number of sulfonamides is 1. The Bertz CT molecular complexity index is 1510. The molecule has 12 heteroatoms. The largest absolute Gasteiger partial charge is 0.438 e. The lowest BCUT2D eigenvalue weighted by molar-refractivity contribution is 0.102. The van der Waals surface area contributed by atoms with Crippen molar-refractivity contribution in [1.29, 1.82) is 0 Å². The molecule has 2 heterocycles. The number of nitrogens with zero attached hydrogens (tertiary/aromatic N) is 2. The van der Waals surface area contributed by atoms with Crippen molar-refractivity contribution in [2.75, 3.05) is 40.4 Å². The van der Waals surface area contributed by atoms with Crippen LogP contribution in [0.3, 0.4) is 0 Å². The third kappa shape index (κ3) is 4.82. The van der Waals surface area contributed by atoms with E-state index in [4.69, 9.17) is 9.52 Å². The van der Waals surface area contributed by atoms with Crippen LogP contribution in [0.2, 0.25) is 0 Å². The number of fused-ring (bicyclic) bond motifs is 1. The first-order chi connectivity index (χ1) is 18.1. The number of hydrogen-bond acceptors (Lipinski definition) is 7. The van der Waals surface area contributed by atoms with Crippen molar-refractivity contribution in [3.05, 3.63) is 47.9 Å². The van der Waals surface area contributed by atoms with E-state index in [1.54, 1.807) is 30.3 Å². The minimum Gasteiger partial charge on any atom is -0.438 e. The van der Waals surface area contributed by atoms with Gasteiger partial charge in [-0.15, -0.1) is 0 Å². The van der Waals surface area contributed by atoms with Crippen molar-refractivity contribution in [3.8, 4) is 0 Å². The minimum atomic E-state index is -3.75. The van der Waals surface area contributed by atoms with E-state index in [0.29, 0.717) is 33.6 Å². The Balaban J connectivity index is 1.30. The molecule has 9 nitrogen and oxygen atoms in total. The maximum atomic E-state index is 13.6. The predicted molar refractivity (Wildman–Crippen MR) is 138 cm³/mol. The lowest BCUT2D eigenvalue weighted by Gasteiger charge is -2.35. The zero-order valence-electron chi connectivity index (χ0n) is 20.5. The summed E-state index contributed by atoms with van der Waals surface area (Å²) in [6.07, 6.45) is 4.12. The first kappa shape index (κ1) is 25.1. The number of benzene rings is 2. The second kappa shape index (κ2) is 8.91. The molecule has 1 spiro atoms. The van der Waals surface area contributed by atoms with Gasteiger partial charge in [-0.3, -0.25) is 9.52 Å².